The maximum Gasteiger partial charge on any atom is 0.223 e. The Hall–Kier alpha value is -0.610. The lowest BCUT2D eigenvalue weighted by Crippen LogP contribution is -2.43. The van der Waals surface area contributed by atoms with E-state index < -0.39 is 0 Å². The van der Waals surface area contributed by atoms with Gasteiger partial charge in [-0.25, -0.2) is 0 Å². The molecule has 2 aliphatic rings. The second-order valence-corrected chi connectivity index (χ2v) is 5.64. The minimum Gasteiger partial charge on any atom is -0.376 e. The molecule has 0 aromatic heterocycles. The molecule has 0 aromatic rings. The maximum atomic E-state index is 11.9. The summed E-state index contributed by atoms with van der Waals surface area (Å²) in [6, 6.07) is 0.462. The topological polar surface area (TPSA) is 50.4 Å². The van der Waals surface area contributed by atoms with Crippen LogP contribution in [0.25, 0.3) is 0 Å². The van der Waals surface area contributed by atoms with E-state index in [0.29, 0.717) is 25.3 Å². The summed E-state index contributed by atoms with van der Waals surface area (Å²) in [7, 11) is 0. The van der Waals surface area contributed by atoms with Crippen molar-refractivity contribution < 1.29 is 9.53 Å². The Morgan fingerprint density at radius 2 is 2.11 bits per heavy atom. The van der Waals surface area contributed by atoms with E-state index in [9.17, 15) is 4.79 Å². The van der Waals surface area contributed by atoms with Crippen LogP contribution in [0, 0.1) is 5.92 Å². The van der Waals surface area contributed by atoms with E-state index in [1.807, 2.05) is 0 Å². The number of rotatable bonds is 5. The molecular formula is C14H26N2O2. The average molecular weight is 254 g/mol. The zero-order chi connectivity index (χ0) is 12.8. The van der Waals surface area contributed by atoms with Crippen LogP contribution >= 0.6 is 0 Å². The highest BCUT2D eigenvalue weighted by molar-refractivity contribution is 5.78. The van der Waals surface area contributed by atoms with E-state index in [4.69, 9.17) is 4.74 Å². The minimum atomic E-state index is 0.188. The summed E-state index contributed by atoms with van der Waals surface area (Å²) in [6.45, 7) is 4.42. The molecule has 1 amide bonds. The molecule has 1 saturated carbocycles. The smallest absolute Gasteiger partial charge is 0.223 e. The van der Waals surface area contributed by atoms with Crippen molar-refractivity contribution >= 4 is 5.91 Å². The molecule has 0 bridgehead atoms. The maximum absolute atomic E-state index is 11.9. The number of carbonyl (C=O) groups is 1. The van der Waals surface area contributed by atoms with Gasteiger partial charge >= 0.3 is 0 Å². The molecule has 4 nitrogen and oxygen atoms in total. The van der Waals surface area contributed by atoms with Crippen LogP contribution in [-0.4, -0.2) is 37.7 Å². The van der Waals surface area contributed by atoms with Crippen molar-refractivity contribution in [3.63, 3.8) is 0 Å². The fourth-order valence-corrected chi connectivity index (χ4v) is 2.97. The number of amides is 1. The van der Waals surface area contributed by atoms with Crippen LogP contribution in [0.2, 0.25) is 0 Å². The van der Waals surface area contributed by atoms with Gasteiger partial charge in [0.15, 0.2) is 0 Å². The SMILES string of the molecule is CC1CC(C(=O)NCCOC2CCCC2)CCN1. The number of carbonyl (C=O) groups excluding carboxylic acids is 1. The molecule has 0 aromatic carbocycles. The van der Waals surface area contributed by atoms with Gasteiger partial charge in [-0.2, -0.15) is 0 Å². The van der Waals surface area contributed by atoms with E-state index >= 15 is 0 Å². The van der Waals surface area contributed by atoms with Crippen LogP contribution in [0.3, 0.4) is 0 Å². The van der Waals surface area contributed by atoms with Gasteiger partial charge in [-0.15, -0.1) is 0 Å². The summed E-state index contributed by atoms with van der Waals surface area (Å²) in [5.74, 6) is 0.395. The number of ether oxygens (including phenoxy) is 1. The Kier molecular flexibility index (Phi) is 5.45. The Bertz CT molecular complexity index is 265. The number of hydrogen-bond donors (Lipinski definition) is 2. The highest BCUT2D eigenvalue weighted by Crippen LogP contribution is 2.20. The predicted octanol–water partition coefficient (Wildman–Crippen LogP) is 1.45. The zero-order valence-corrected chi connectivity index (χ0v) is 11.4. The average Bonchev–Trinajstić information content (AvgIpc) is 2.87. The van der Waals surface area contributed by atoms with Crippen molar-refractivity contribution in [2.45, 2.75) is 57.6 Å². The van der Waals surface area contributed by atoms with Gasteiger partial charge in [0.05, 0.1) is 12.7 Å². The lowest BCUT2D eigenvalue weighted by atomic mass is 9.92. The third-order valence-electron chi connectivity index (χ3n) is 4.05. The van der Waals surface area contributed by atoms with Crippen molar-refractivity contribution in [3.05, 3.63) is 0 Å². The van der Waals surface area contributed by atoms with E-state index in [2.05, 4.69) is 17.6 Å². The molecule has 104 valence electrons. The summed E-state index contributed by atoms with van der Waals surface area (Å²) in [5, 5.41) is 6.37. The molecule has 2 fully saturated rings. The summed E-state index contributed by atoms with van der Waals surface area (Å²) in [6.07, 6.45) is 7.34. The zero-order valence-electron chi connectivity index (χ0n) is 11.4. The quantitative estimate of drug-likeness (QED) is 0.730. The third-order valence-corrected chi connectivity index (χ3v) is 4.05. The van der Waals surface area contributed by atoms with Crippen LogP contribution < -0.4 is 10.6 Å². The Labute approximate surface area is 110 Å². The van der Waals surface area contributed by atoms with E-state index in [0.717, 1.165) is 19.4 Å². The monoisotopic (exact) mass is 254 g/mol. The van der Waals surface area contributed by atoms with Crippen LogP contribution in [-0.2, 0) is 9.53 Å². The summed E-state index contributed by atoms with van der Waals surface area (Å²) >= 11 is 0. The molecule has 1 aliphatic carbocycles. The van der Waals surface area contributed by atoms with Crippen molar-refractivity contribution in [3.8, 4) is 0 Å². The Morgan fingerprint density at radius 3 is 2.83 bits per heavy atom. The molecule has 4 heteroatoms. The third kappa shape index (κ3) is 4.25. The standard InChI is InChI=1S/C14H26N2O2/c1-11-10-12(6-7-15-11)14(17)16-8-9-18-13-4-2-3-5-13/h11-13,15H,2-10H2,1H3,(H,16,17). The van der Waals surface area contributed by atoms with Gasteiger partial charge in [-0.1, -0.05) is 12.8 Å². The van der Waals surface area contributed by atoms with E-state index in [1.54, 1.807) is 0 Å². The van der Waals surface area contributed by atoms with Crippen LogP contribution in [0.5, 0.6) is 0 Å². The first-order chi connectivity index (χ1) is 8.75. The molecule has 2 atom stereocenters. The van der Waals surface area contributed by atoms with Gasteiger partial charge in [0, 0.05) is 18.5 Å². The first-order valence-electron chi connectivity index (χ1n) is 7.38. The van der Waals surface area contributed by atoms with E-state index in [-0.39, 0.29) is 11.8 Å². The molecule has 1 saturated heterocycles. The largest absolute Gasteiger partial charge is 0.376 e. The predicted molar refractivity (Wildman–Crippen MR) is 71.4 cm³/mol. The highest BCUT2D eigenvalue weighted by atomic mass is 16.5. The number of piperidine rings is 1. The second-order valence-electron chi connectivity index (χ2n) is 5.64. The van der Waals surface area contributed by atoms with Crippen molar-refractivity contribution in [1.82, 2.24) is 10.6 Å². The molecule has 0 radical (unpaired) electrons. The van der Waals surface area contributed by atoms with Gasteiger partial charge in [-0.05, 0) is 39.2 Å². The van der Waals surface area contributed by atoms with Crippen molar-refractivity contribution in [2.24, 2.45) is 5.92 Å². The summed E-state index contributed by atoms with van der Waals surface area (Å²) in [5.41, 5.74) is 0. The van der Waals surface area contributed by atoms with Gasteiger partial charge in [0.1, 0.15) is 0 Å². The fraction of sp³-hybridized carbons (Fsp3) is 0.929. The highest BCUT2D eigenvalue weighted by Gasteiger charge is 2.24. The first kappa shape index (κ1) is 13.8. The first-order valence-corrected chi connectivity index (χ1v) is 7.38. The van der Waals surface area contributed by atoms with Gasteiger partial charge in [0.25, 0.3) is 0 Å². The Morgan fingerprint density at radius 1 is 1.33 bits per heavy atom. The van der Waals surface area contributed by atoms with Gasteiger partial charge in [0.2, 0.25) is 5.91 Å². The number of hydrogen-bond acceptors (Lipinski definition) is 3. The lowest BCUT2D eigenvalue weighted by molar-refractivity contribution is -0.126. The molecule has 2 rings (SSSR count). The molecule has 0 spiro atoms. The van der Waals surface area contributed by atoms with Gasteiger partial charge < -0.3 is 15.4 Å². The van der Waals surface area contributed by atoms with Crippen LogP contribution in [0.4, 0.5) is 0 Å². The second kappa shape index (κ2) is 7.10. The molecule has 18 heavy (non-hydrogen) atoms. The molecule has 1 aliphatic heterocycles. The van der Waals surface area contributed by atoms with Crippen molar-refractivity contribution in [2.75, 3.05) is 19.7 Å². The summed E-state index contributed by atoms with van der Waals surface area (Å²) < 4.78 is 5.73. The number of nitrogens with one attached hydrogen (secondary N) is 2. The molecule has 2 N–H and O–H groups in total. The Balaban J connectivity index is 1.56. The normalized spacial score (nSPS) is 29.4. The van der Waals surface area contributed by atoms with Crippen molar-refractivity contribution in [1.29, 1.82) is 0 Å². The fourth-order valence-electron chi connectivity index (χ4n) is 2.97. The summed E-state index contributed by atoms with van der Waals surface area (Å²) in [4.78, 5) is 11.9. The van der Waals surface area contributed by atoms with Gasteiger partial charge in [-0.3, -0.25) is 4.79 Å². The lowest BCUT2D eigenvalue weighted by Gasteiger charge is -2.27. The van der Waals surface area contributed by atoms with Crippen LogP contribution in [0.1, 0.15) is 45.4 Å². The molecular weight excluding hydrogens is 228 g/mol. The van der Waals surface area contributed by atoms with Crippen LogP contribution in [0.15, 0.2) is 0 Å². The minimum absolute atomic E-state index is 0.188. The van der Waals surface area contributed by atoms with E-state index in [1.165, 1.54) is 25.7 Å². The molecule has 1 heterocycles. The molecule has 2 unspecified atom stereocenters.